The van der Waals surface area contributed by atoms with Crippen molar-refractivity contribution in [3.63, 3.8) is 0 Å². The normalized spacial score (nSPS) is 15.4. The molecule has 3 rings (SSSR count). The van der Waals surface area contributed by atoms with Gasteiger partial charge in [0, 0.05) is 16.1 Å². The Bertz CT molecular complexity index is 943. The maximum Gasteiger partial charge on any atom is 0.293 e. The summed E-state index contributed by atoms with van der Waals surface area (Å²) < 4.78 is 25.0. The molecule has 1 aliphatic rings. The molecule has 1 heterocycles. The summed E-state index contributed by atoms with van der Waals surface area (Å²) in [7, 11) is 1.52. The highest BCUT2D eigenvalue weighted by Crippen LogP contribution is 2.38. The van der Waals surface area contributed by atoms with Gasteiger partial charge in [0.05, 0.1) is 25.2 Å². The Kier molecular flexibility index (Phi) is 6.26. The van der Waals surface area contributed by atoms with Gasteiger partial charge < -0.3 is 9.47 Å². The third-order valence-electron chi connectivity index (χ3n) is 4.06. The second-order valence-electron chi connectivity index (χ2n) is 5.78. The second-order valence-corrected chi connectivity index (χ2v) is 7.18. The highest BCUT2D eigenvalue weighted by atomic mass is 35.5. The fourth-order valence-electron chi connectivity index (χ4n) is 2.73. The van der Waals surface area contributed by atoms with E-state index in [9.17, 15) is 14.0 Å². The molecule has 0 N–H and O–H groups in total. The summed E-state index contributed by atoms with van der Waals surface area (Å²) in [5, 5.41) is -0.328. The van der Waals surface area contributed by atoms with E-state index < -0.39 is 17.0 Å². The van der Waals surface area contributed by atoms with Crippen LogP contribution in [0.15, 0.2) is 41.3 Å². The van der Waals surface area contributed by atoms with Crippen molar-refractivity contribution in [2.75, 3.05) is 13.7 Å². The van der Waals surface area contributed by atoms with Crippen LogP contribution in [0.1, 0.15) is 18.1 Å². The molecule has 1 aliphatic heterocycles. The van der Waals surface area contributed by atoms with Crippen LogP contribution in [0.3, 0.4) is 0 Å². The van der Waals surface area contributed by atoms with E-state index in [0.717, 1.165) is 16.7 Å². The first kappa shape index (κ1) is 20.2. The van der Waals surface area contributed by atoms with Crippen LogP contribution < -0.4 is 9.47 Å². The zero-order valence-corrected chi connectivity index (χ0v) is 16.8. The number of methoxy groups -OCH3 is 1. The van der Waals surface area contributed by atoms with Crippen molar-refractivity contribution in [1.82, 2.24) is 4.90 Å². The van der Waals surface area contributed by atoms with Crippen molar-refractivity contribution in [1.29, 1.82) is 0 Å². The Hall–Kier alpha value is -2.51. The predicted octanol–water partition coefficient (Wildman–Crippen LogP) is 5.12. The molecule has 5 nitrogen and oxygen atoms in total. The summed E-state index contributed by atoms with van der Waals surface area (Å²) in [5.41, 5.74) is 0.708. The minimum Gasteiger partial charge on any atom is -0.493 e. The van der Waals surface area contributed by atoms with Crippen LogP contribution in [0.2, 0.25) is 5.02 Å². The Balaban J connectivity index is 1.92. The van der Waals surface area contributed by atoms with Crippen LogP contribution in [0.5, 0.6) is 11.5 Å². The number of imide groups is 1. The van der Waals surface area contributed by atoms with Crippen molar-refractivity contribution in [2.45, 2.75) is 13.5 Å². The van der Waals surface area contributed by atoms with Crippen molar-refractivity contribution < 1.29 is 23.5 Å². The topological polar surface area (TPSA) is 55.8 Å². The quantitative estimate of drug-likeness (QED) is 0.606. The number of ether oxygens (including phenoxy) is 2. The number of hydrogen-bond donors (Lipinski definition) is 0. The summed E-state index contributed by atoms with van der Waals surface area (Å²) in [4.78, 5) is 26.3. The smallest absolute Gasteiger partial charge is 0.293 e. The van der Waals surface area contributed by atoms with Crippen molar-refractivity contribution in [3.05, 3.63) is 63.3 Å². The first-order valence-electron chi connectivity index (χ1n) is 8.44. The zero-order chi connectivity index (χ0) is 20.3. The van der Waals surface area contributed by atoms with Gasteiger partial charge in [0.25, 0.3) is 11.1 Å². The highest BCUT2D eigenvalue weighted by molar-refractivity contribution is 8.18. The average molecular weight is 422 g/mol. The molecule has 2 aromatic carbocycles. The van der Waals surface area contributed by atoms with Crippen LogP contribution in [-0.4, -0.2) is 29.8 Å². The number of amides is 2. The number of para-hydroxylation sites is 1. The molecule has 8 heteroatoms. The number of halogens is 2. The molecule has 0 saturated carbocycles. The Labute approximate surface area is 171 Å². The molecule has 0 radical (unpaired) electrons. The SMILES string of the molecule is CCOc1c(/C=C2\SC(=O)N(Cc3c(F)cccc3Cl)C2=O)cccc1OC. The zero-order valence-electron chi connectivity index (χ0n) is 15.2. The molecule has 2 amide bonds. The van der Waals surface area contributed by atoms with Crippen LogP contribution >= 0.6 is 23.4 Å². The van der Waals surface area contributed by atoms with E-state index in [1.165, 1.54) is 25.3 Å². The first-order chi connectivity index (χ1) is 13.5. The van der Waals surface area contributed by atoms with E-state index in [0.29, 0.717) is 23.7 Å². The van der Waals surface area contributed by atoms with E-state index in [1.807, 2.05) is 6.92 Å². The summed E-state index contributed by atoms with van der Waals surface area (Å²) in [6.07, 6.45) is 1.57. The maximum atomic E-state index is 14.0. The Morgan fingerprint density at radius 3 is 2.64 bits per heavy atom. The Morgan fingerprint density at radius 2 is 1.96 bits per heavy atom. The van der Waals surface area contributed by atoms with Crippen molar-refractivity contribution in [3.8, 4) is 11.5 Å². The maximum absolute atomic E-state index is 14.0. The van der Waals surface area contributed by atoms with Crippen LogP contribution in [0.25, 0.3) is 6.08 Å². The van der Waals surface area contributed by atoms with Gasteiger partial charge in [-0.2, -0.15) is 0 Å². The number of hydrogen-bond acceptors (Lipinski definition) is 5. The van der Waals surface area contributed by atoms with Gasteiger partial charge in [0.1, 0.15) is 5.82 Å². The Morgan fingerprint density at radius 1 is 1.21 bits per heavy atom. The van der Waals surface area contributed by atoms with E-state index in [2.05, 4.69) is 0 Å². The number of carbonyl (C=O) groups excluding carboxylic acids is 2. The van der Waals surface area contributed by atoms with Crippen LogP contribution in [0.4, 0.5) is 9.18 Å². The van der Waals surface area contributed by atoms with E-state index in [-0.39, 0.29) is 22.0 Å². The molecular formula is C20H17ClFNO4S. The fourth-order valence-corrected chi connectivity index (χ4v) is 3.78. The standard InChI is InChI=1S/C20H17ClFNO4S/c1-3-27-18-12(6-4-9-16(18)26-2)10-17-19(24)23(20(25)28-17)11-13-14(21)7-5-8-15(13)22/h4-10H,3,11H2,1-2H3/b17-10-. The van der Waals surface area contributed by atoms with Gasteiger partial charge in [-0.3, -0.25) is 14.5 Å². The molecule has 2 aromatic rings. The van der Waals surface area contributed by atoms with E-state index in [4.69, 9.17) is 21.1 Å². The molecule has 0 unspecified atom stereocenters. The summed E-state index contributed by atoms with van der Waals surface area (Å²) in [5.74, 6) is -0.0778. The molecule has 0 bridgehead atoms. The summed E-state index contributed by atoms with van der Waals surface area (Å²) in [6, 6.07) is 9.48. The minimum atomic E-state index is -0.568. The number of nitrogens with zero attached hydrogens (tertiary/aromatic N) is 1. The molecule has 0 spiro atoms. The first-order valence-corrected chi connectivity index (χ1v) is 9.63. The van der Waals surface area contributed by atoms with Crippen LogP contribution in [-0.2, 0) is 11.3 Å². The number of carbonyl (C=O) groups is 2. The van der Waals surface area contributed by atoms with Gasteiger partial charge in [-0.15, -0.1) is 0 Å². The lowest BCUT2D eigenvalue weighted by Crippen LogP contribution is -2.28. The van der Waals surface area contributed by atoms with Gasteiger partial charge in [-0.1, -0.05) is 29.8 Å². The second kappa shape index (κ2) is 8.67. The number of thioether (sulfide) groups is 1. The average Bonchev–Trinajstić information content (AvgIpc) is 2.93. The van der Waals surface area contributed by atoms with Gasteiger partial charge >= 0.3 is 0 Å². The highest BCUT2D eigenvalue weighted by Gasteiger charge is 2.36. The van der Waals surface area contributed by atoms with Gasteiger partial charge in [-0.25, -0.2) is 4.39 Å². The van der Waals surface area contributed by atoms with Crippen molar-refractivity contribution in [2.24, 2.45) is 0 Å². The van der Waals surface area contributed by atoms with Gasteiger partial charge in [-0.05, 0) is 43.0 Å². The minimum absolute atomic E-state index is 0.101. The largest absolute Gasteiger partial charge is 0.493 e. The third-order valence-corrected chi connectivity index (χ3v) is 5.32. The lowest BCUT2D eigenvalue weighted by molar-refractivity contribution is -0.123. The van der Waals surface area contributed by atoms with Crippen LogP contribution in [0, 0.1) is 5.82 Å². The molecule has 146 valence electrons. The molecular weight excluding hydrogens is 405 g/mol. The fraction of sp³-hybridized carbons (Fsp3) is 0.200. The molecule has 28 heavy (non-hydrogen) atoms. The summed E-state index contributed by atoms with van der Waals surface area (Å²) >= 11 is 6.80. The molecule has 1 fully saturated rings. The summed E-state index contributed by atoms with van der Waals surface area (Å²) in [6.45, 7) is 2.01. The molecule has 0 atom stereocenters. The predicted molar refractivity (Wildman–Crippen MR) is 107 cm³/mol. The molecule has 0 aromatic heterocycles. The lowest BCUT2D eigenvalue weighted by atomic mass is 10.1. The molecule has 0 aliphatic carbocycles. The van der Waals surface area contributed by atoms with E-state index >= 15 is 0 Å². The molecule has 1 saturated heterocycles. The third kappa shape index (κ3) is 4.00. The van der Waals surface area contributed by atoms with Gasteiger partial charge in [0.2, 0.25) is 0 Å². The van der Waals surface area contributed by atoms with Gasteiger partial charge in [0.15, 0.2) is 11.5 Å². The number of rotatable bonds is 6. The lowest BCUT2D eigenvalue weighted by Gasteiger charge is -2.14. The monoisotopic (exact) mass is 421 g/mol. The van der Waals surface area contributed by atoms with Crippen molar-refractivity contribution >= 4 is 40.6 Å². The number of benzene rings is 2. The van der Waals surface area contributed by atoms with E-state index in [1.54, 1.807) is 24.3 Å².